The number of hydrogen-bond acceptors (Lipinski definition) is 1. The Kier molecular flexibility index (Phi) is 5.15. The topological polar surface area (TPSA) is 9.23 Å². The van der Waals surface area contributed by atoms with Crippen LogP contribution in [-0.4, -0.2) is 9.12 Å². The Labute approximate surface area is 96.6 Å². The lowest BCUT2D eigenvalue weighted by molar-refractivity contribution is 0.620. The van der Waals surface area contributed by atoms with Crippen molar-refractivity contribution in [3.63, 3.8) is 0 Å². The second-order valence-corrected chi connectivity index (χ2v) is 33.8. The molecular formula is C3H9I3OSi2. The van der Waals surface area contributed by atoms with Crippen LogP contribution in [0.2, 0.25) is 19.6 Å². The van der Waals surface area contributed by atoms with E-state index in [0.29, 0.717) is 0 Å². The molecule has 0 aliphatic carbocycles. The van der Waals surface area contributed by atoms with Crippen LogP contribution in [0.25, 0.3) is 0 Å². The van der Waals surface area contributed by atoms with Crippen LogP contribution in [0.3, 0.4) is 0 Å². The van der Waals surface area contributed by atoms with Crippen LogP contribution in [0.5, 0.6) is 0 Å². The van der Waals surface area contributed by atoms with Crippen LogP contribution in [-0.2, 0) is 4.12 Å². The van der Waals surface area contributed by atoms with Crippen LogP contribution in [0.4, 0.5) is 0 Å². The molecule has 9 heavy (non-hydrogen) atoms. The zero-order chi connectivity index (χ0) is 7.71. The molecule has 0 aromatic carbocycles. The predicted molar refractivity (Wildman–Crippen MR) is 72.2 cm³/mol. The summed E-state index contributed by atoms with van der Waals surface area (Å²) in [7, 11) is 0. The van der Waals surface area contributed by atoms with E-state index in [1.807, 2.05) is 0 Å². The highest BCUT2D eigenvalue weighted by atomic mass is 127. The lowest BCUT2D eigenvalue weighted by Crippen LogP contribution is -2.32. The van der Waals surface area contributed by atoms with E-state index in [0.717, 1.165) is 0 Å². The van der Waals surface area contributed by atoms with Gasteiger partial charge in [0.15, 0.2) is 0 Å². The van der Waals surface area contributed by atoms with Crippen LogP contribution >= 0.6 is 65.4 Å². The van der Waals surface area contributed by atoms with Gasteiger partial charge in [0, 0.05) is 0 Å². The SMILES string of the molecule is C[Si](C)(I)O[Si](C)(I)I. The molecule has 0 heterocycles. The molecule has 0 saturated heterocycles. The van der Waals surface area contributed by atoms with Crippen molar-refractivity contribution in [3.05, 3.63) is 0 Å². The first kappa shape index (κ1) is 11.6. The Morgan fingerprint density at radius 2 is 1.33 bits per heavy atom. The van der Waals surface area contributed by atoms with Gasteiger partial charge in [-0.3, -0.25) is 0 Å². The standard InChI is InChI=1S/C3H9I3OSi2/c1-8(2,4)7-9(3,5)6/h1-3H3. The molecule has 0 N–H and O–H groups in total. The van der Waals surface area contributed by atoms with Crippen LogP contribution in [0.1, 0.15) is 0 Å². The molecule has 0 saturated carbocycles. The maximum atomic E-state index is 5.86. The van der Waals surface area contributed by atoms with Crippen molar-refractivity contribution in [2.45, 2.75) is 19.6 Å². The average Bonchev–Trinajstić information content (AvgIpc) is 1.14. The van der Waals surface area contributed by atoms with Crippen molar-refractivity contribution in [1.29, 1.82) is 0 Å². The monoisotopic (exact) mass is 498 g/mol. The summed E-state index contributed by atoms with van der Waals surface area (Å²) in [5.74, 6) is -1.28. The lowest BCUT2D eigenvalue weighted by atomic mass is 11.9. The molecule has 0 amide bonds. The summed E-state index contributed by atoms with van der Waals surface area (Å²) < 4.78 is 4.56. The Morgan fingerprint density at radius 3 is 1.33 bits per heavy atom. The molecular weight excluding hydrogens is 489 g/mol. The van der Waals surface area contributed by atoms with Crippen molar-refractivity contribution in [2.24, 2.45) is 0 Å². The first-order valence-corrected chi connectivity index (χ1v) is 17.1. The smallest absolute Gasteiger partial charge is 0.312 e. The molecule has 0 aromatic heterocycles. The first-order valence-electron chi connectivity index (χ1n) is 2.48. The molecule has 0 rings (SSSR count). The Balaban J connectivity index is 3.75. The Hall–Kier alpha value is 2.58. The van der Waals surface area contributed by atoms with E-state index in [2.05, 4.69) is 85.0 Å². The van der Waals surface area contributed by atoms with Gasteiger partial charge in [-0.05, 0) is 19.6 Å². The van der Waals surface area contributed by atoms with E-state index in [4.69, 9.17) is 4.12 Å². The minimum atomic E-state index is -1.30. The summed E-state index contributed by atoms with van der Waals surface area (Å²) in [6.07, 6.45) is 0. The van der Waals surface area contributed by atoms with Crippen LogP contribution in [0, 0.1) is 0 Å². The molecule has 0 fully saturated rings. The molecule has 6 heteroatoms. The van der Waals surface area contributed by atoms with E-state index in [1.165, 1.54) is 0 Å². The second-order valence-electron chi connectivity index (χ2n) is 2.27. The van der Waals surface area contributed by atoms with E-state index >= 15 is 0 Å². The number of rotatable bonds is 2. The zero-order valence-electron chi connectivity index (χ0n) is 5.54. The minimum Gasteiger partial charge on any atom is -0.434 e. The third-order valence-corrected chi connectivity index (χ3v) is 9.74. The number of halogens is 3. The van der Waals surface area contributed by atoms with E-state index < -0.39 is 9.12 Å². The fraction of sp³-hybridized carbons (Fsp3) is 1.00. The van der Waals surface area contributed by atoms with Gasteiger partial charge in [-0.25, -0.2) is 0 Å². The summed E-state index contributed by atoms with van der Waals surface area (Å²) in [4.78, 5) is 0. The van der Waals surface area contributed by atoms with Gasteiger partial charge in [0.2, 0.25) is 5.81 Å². The van der Waals surface area contributed by atoms with Gasteiger partial charge in [-0.2, -0.15) is 0 Å². The summed E-state index contributed by atoms with van der Waals surface area (Å²) in [6, 6.07) is 0. The van der Waals surface area contributed by atoms with E-state index in [-0.39, 0.29) is 0 Å². The normalized spacial score (nSPS) is 14.0. The summed E-state index contributed by atoms with van der Waals surface area (Å²) in [5, 5.41) is 0. The molecule has 0 atom stereocenters. The quantitative estimate of drug-likeness (QED) is 0.322. The van der Waals surface area contributed by atoms with Gasteiger partial charge >= 0.3 is 3.31 Å². The van der Waals surface area contributed by atoms with E-state index in [9.17, 15) is 0 Å². The summed E-state index contributed by atoms with van der Waals surface area (Å²) in [5.41, 5.74) is 0. The maximum absolute atomic E-state index is 5.86. The van der Waals surface area contributed by atoms with Crippen LogP contribution in [0.15, 0.2) is 0 Å². The highest BCUT2D eigenvalue weighted by Gasteiger charge is 2.30. The molecule has 0 spiro atoms. The largest absolute Gasteiger partial charge is 0.434 e. The highest BCUT2D eigenvalue weighted by molar-refractivity contribution is 14.3. The first-order chi connectivity index (χ1) is 3.71. The molecule has 0 aliphatic heterocycles. The third-order valence-electron chi connectivity index (χ3n) is 0.422. The van der Waals surface area contributed by atoms with Gasteiger partial charge in [0.05, 0.1) is 0 Å². The van der Waals surface area contributed by atoms with Crippen molar-refractivity contribution in [3.8, 4) is 0 Å². The lowest BCUT2D eigenvalue weighted by Gasteiger charge is -2.22. The zero-order valence-corrected chi connectivity index (χ0v) is 14.0. The number of hydrogen-bond donors (Lipinski definition) is 0. The summed E-state index contributed by atoms with van der Waals surface area (Å²) >= 11 is 7.31. The predicted octanol–water partition coefficient (Wildman–Crippen LogP) is 3.58. The third kappa shape index (κ3) is 10.6. The molecule has 0 radical (unpaired) electrons. The average molecular weight is 498 g/mol. The molecule has 1 nitrogen and oxygen atoms in total. The van der Waals surface area contributed by atoms with Gasteiger partial charge in [-0.1, -0.05) is 65.4 Å². The van der Waals surface area contributed by atoms with Crippen molar-refractivity contribution in [2.75, 3.05) is 0 Å². The fourth-order valence-electron chi connectivity index (χ4n) is 0.426. The van der Waals surface area contributed by atoms with Gasteiger partial charge in [0.25, 0.3) is 0 Å². The maximum Gasteiger partial charge on any atom is 0.312 e. The molecule has 0 unspecified atom stereocenters. The van der Waals surface area contributed by atoms with Gasteiger partial charge < -0.3 is 4.12 Å². The van der Waals surface area contributed by atoms with Crippen molar-refractivity contribution in [1.82, 2.24) is 0 Å². The summed E-state index contributed by atoms with van der Waals surface area (Å²) in [6.45, 7) is 6.65. The van der Waals surface area contributed by atoms with Crippen LogP contribution < -0.4 is 0 Å². The van der Waals surface area contributed by atoms with Crippen molar-refractivity contribution >= 4 is 74.5 Å². The molecule has 56 valence electrons. The van der Waals surface area contributed by atoms with Crippen molar-refractivity contribution < 1.29 is 4.12 Å². The van der Waals surface area contributed by atoms with E-state index in [1.54, 1.807) is 0 Å². The minimum absolute atomic E-state index is 1.28. The Morgan fingerprint density at radius 1 is 1.00 bits per heavy atom. The van der Waals surface area contributed by atoms with Gasteiger partial charge in [-0.15, -0.1) is 0 Å². The fourth-order valence-corrected chi connectivity index (χ4v) is 25.3. The molecule has 0 bridgehead atoms. The molecule has 0 aromatic rings. The Bertz CT molecular complexity index is 82.2. The van der Waals surface area contributed by atoms with Gasteiger partial charge in [0.1, 0.15) is 0 Å². The molecule has 0 aliphatic rings. The second kappa shape index (κ2) is 4.00. The highest BCUT2D eigenvalue weighted by Crippen LogP contribution is 2.29.